The van der Waals surface area contributed by atoms with Crippen LogP contribution in [0.4, 0.5) is 4.79 Å². The summed E-state index contributed by atoms with van der Waals surface area (Å²) in [5.74, 6) is -0.874. The molecule has 0 spiro atoms. The van der Waals surface area contributed by atoms with Gasteiger partial charge in [0.15, 0.2) is 0 Å². The third-order valence-electron chi connectivity index (χ3n) is 3.78. The Kier molecular flexibility index (Phi) is 4.99. The first kappa shape index (κ1) is 14.8. The lowest BCUT2D eigenvalue weighted by atomic mass is 9.91. The van der Waals surface area contributed by atoms with Gasteiger partial charge >= 0.3 is 12.0 Å². The molecule has 2 unspecified atom stereocenters. The van der Waals surface area contributed by atoms with Gasteiger partial charge in [-0.05, 0) is 32.6 Å². The summed E-state index contributed by atoms with van der Waals surface area (Å²) in [6, 6.07) is -0.163. The molecule has 104 valence electrons. The fourth-order valence-corrected chi connectivity index (χ4v) is 2.57. The minimum absolute atomic E-state index is 0.0752. The maximum absolute atomic E-state index is 12.2. The van der Waals surface area contributed by atoms with Crippen molar-refractivity contribution in [3.05, 3.63) is 0 Å². The molecular weight excluding hydrogens is 232 g/mol. The largest absolute Gasteiger partial charge is 0.479 e. The third kappa shape index (κ3) is 2.76. The Morgan fingerprint density at radius 3 is 2.61 bits per heavy atom. The molecule has 1 rings (SSSR count). The Hall–Kier alpha value is -1.26. The summed E-state index contributed by atoms with van der Waals surface area (Å²) in [5.41, 5.74) is -0.994. The van der Waals surface area contributed by atoms with E-state index in [9.17, 15) is 14.7 Å². The maximum Gasteiger partial charge on any atom is 0.329 e. The molecule has 0 aromatic carbocycles. The van der Waals surface area contributed by atoms with Crippen molar-refractivity contribution in [2.45, 2.75) is 64.5 Å². The average molecular weight is 256 g/mol. The minimum Gasteiger partial charge on any atom is -0.479 e. The van der Waals surface area contributed by atoms with Gasteiger partial charge in [-0.15, -0.1) is 0 Å². The van der Waals surface area contributed by atoms with E-state index in [1.54, 1.807) is 0 Å². The van der Waals surface area contributed by atoms with Crippen LogP contribution < -0.4 is 5.32 Å². The van der Waals surface area contributed by atoms with E-state index < -0.39 is 11.5 Å². The second-order valence-corrected chi connectivity index (χ2v) is 5.10. The van der Waals surface area contributed by atoms with Gasteiger partial charge in [0, 0.05) is 12.6 Å². The highest BCUT2D eigenvalue weighted by Gasteiger charge is 2.49. The second-order valence-electron chi connectivity index (χ2n) is 5.10. The van der Waals surface area contributed by atoms with E-state index in [1.165, 1.54) is 4.90 Å². The molecule has 0 aliphatic carbocycles. The van der Waals surface area contributed by atoms with Crippen molar-refractivity contribution in [1.82, 2.24) is 10.2 Å². The Bertz CT molecular complexity index is 319. The van der Waals surface area contributed by atoms with Gasteiger partial charge in [-0.25, -0.2) is 9.59 Å². The molecule has 1 fully saturated rings. The number of carboxylic acid groups (broad SMARTS) is 1. The minimum atomic E-state index is -0.994. The molecule has 0 saturated carbocycles. The highest BCUT2D eigenvalue weighted by molar-refractivity contribution is 5.87. The van der Waals surface area contributed by atoms with E-state index in [1.807, 2.05) is 20.8 Å². The van der Waals surface area contributed by atoms with Gasteiger partial charge in [-0.1, -0.05) is 20.3 Å². The first-order valence-electron chi connectivity index (χ1n) is 6.79. The summed E-state index contributed by atoms with van der Waals surface area (Å²) in [5, 5.41) is 12.3. The van der Waals surface area contributed by atoms with Crippen molar-refractivity contribution in [3.8, 4) is 0 Å². The Labute approximate surface area is 109 Å². The van der Waals surface area contributed by atoms with Crippen LogP contribution in [0.25, 0.3) is 0 Å². The molecule has 18 heavy (non-hydrogen) atoms. The summed E-state index contributed by atoms with van der Waals surface area (Å²) < 4.78 is 0. The summed E-state index contributed by atoms with van der Waals surface area (Å²) in [4.78, 5) is 25.2. The predicted octanol–water partition coefficient (Wildman–Crippen LogP) is 2.21. The monoisotopic (exact) mass is 256 g/mol. The van der Waals surface area contributed by atoms with E-state index >= 15 is 0 Å². The lowest BCUT2D eigenvalue weighted by Gasteiger charge is -2.35. The van der Waals surface area contributed by atoms with Crippen LogP contribution in [0.3, 0.4) is 0 Å². The standard InChI is InChI=1S/C13H24N2O3/c1-4-7-13(11(16)17)8-6-9-15(13)12(18)14-10(3)5-2/h10H,4-9H2,1-3H3,(H,14,18)(H,16,17). The van der Waals surface area contributed by atoms with Crippen LogP contribution >= 0.6 is 0 Å². The molecule has 0 bridgehead atoms. The van der Waals surface area contributed by atoms with Crippen LogP contribution in [0, 0.1) is 0 Å². The van der Waals surface area contributed by atoms with Crippen LogP contribution in [0.15, 0.2) is 0 Å². The number of hydrogen-bond donors (Lipinski definition) is 2. The lowest BCUT2D eigenvalue weighted by Crippen LogP contribution is -2.57. The first-order valence-corrected chi connectivity index (χ1v) is 6.79. The number of carbonyl (C=O) groups is 2. The zero-order valence-corrected chi connectivity index (χ0v) is 11.5. The quantitative estimate of drug-likeness (QED) is 0.792. The van der Waals surface area contributed by atoms with E-state index in [4.69, 9.17) is 0 Å². The van der Waals surface area contributed by atoms with Crippen LogP contribution in [-0.2, 0) is 4.79 Å². The molecule has 1 aliphatic rings. The fourth-order valence-electron chi connectivity index (χ4n) is 2.57. The van der Waals surface area contributed by atoms with Crippen molar-refractivity contribution in [2.75, 3.05) is 6.54 Å². The number of rotatable bonds is 5. The normalized spacial score (nSPS) is 24.9. The van der Waals surface area contributed by atoms with Crippen molar-refractivity contribution in [3.63, 3.8) is 0 Å². The molecule has 2 amide bonds. The maximum atomic E-state index is 12.2. The number of likely N-dealkylation sites (tertiary alicyclic amines) is 1. The smallest absolute Gasteiger partial charge is 0.329 e. The molecule has 0 aromatic rings. The highest BCUT2D eigenvalue weighted by Crippen LogP contribution is 2.34. The van der Waals surface area contributed by atoms with Crippen molar-refractivity contribution in [1.29, 1.82) is 0 Å². The van der Waals surface area contributed by atoms with Crippen molar-refractivity contribution >= 4 is 12.0 Å². The van der Waals surface area contributed by atoms with Gasteiger partial charge in [0.2, 0.25) is 0 Å². The third-order valence-corrected chi connectivity index (χ3v) is 3.78. The van der Waals surface area contributed by atoms with Crippen LogP contribution in [-0.4, -0.2) is 40.1 Å². The van der Waals surface area contributed by atoms with Crippen LogP contribution in [0.2, 0.25) is 0 Å². The van der Waals surface area contributed by atoms with Gasteiger partial charge in [-0.2, -0.15) is 0 Å². The number of aliphatic carboxylic acids is 1. The Balaban J connectivity index is 2.84. The number of nitrogens with zero attached hydrogens (tertiary/aromatic N) is 1. The molecule has 5 heteroatoms. The molecular formula is C13H24N2O3. The highest BCUT2D eigenvalue weighted by atomic mass is 16.4. The molecule has 2 N–H and O–H groups in total. The van der Waals surface area contributed by atoms with E-state index in [-0.39, 0.29) is 12.1 Å². The van der Waals surface area contributed by atoms with E-state index in [0.29, 0.717) is 19.4 Å². The Morgan fingerprint density at radius 1 is 1.44 bits per heavy atom. The number of urea groups is 1. The number of amides is 2. The van der Waals surface area contributed by atoms with Gasteiger partial charge in [0.1, 0.15) is 5.54 Å². The van der Waals surface area contributed by atoms with Crippen molar-refractivity contribution in [2.24, 2.45) is 0 Å². The zero-order valence-electron chi connectivity index (χ0n) is 11.5. The molecule has 1 heterocycles. The summed E-state index contributed by atoms with van der Waals surface area (Å²) >= 11 is 0. The molecule has 1 saturated heterocycles. The van der Waals surface area contributed by atoms with Crippen LogP contribution in [0.5, 0.6) is 0 Å². The lowest BCUT2D eigenvalue weighted by molar-refractivity contribution is -0.148. The zero-order chi connectivity index (χ0) is 13.8. The SMILES string of the molecule is CCCC1(C(=O)O)CCCN1C(=O)NC(C)CC. The molecule has 2 atom stereocenters. The Morgan fingerprint density at radius 2 is 2.11 bits per heavy atom. The van der Waals surface area contributed by atoms with Gasteiger partial charge in [-0.3, -0.25) is 0 Å². The van der Waals surface area contributed by atoms with E-state index in [2.05, 4.69) is 5.32 Å². The molecule has 0 radical (unpaired) electrons. The van der Waals surface area contributed by atoms with Gasteiger partial charge < -0.3 is 15.3 Å². The van der Waals surface area contributed by atoms with E-state index in [0.717, 1.165) is 19.3 Å². The van der Waals surface area contributed by atoms with Gasteiger partial charge in [0.05, 0.1) is 0 Å². The second kappa shape index (κ2) is 6.07. The van der Waals surface area contributed by atoms with Gasteiger partial charge in [0.25, 0.3) is 0 Å². The topological polar surface area (TPSA) is 69.6 Å². The van der Waals surface area contributed by atoms with Crippen LogP contribution in [0.1, 0.15) is 52.9 Å². The number of hydrogen-bond acceptors (Lipinski definition) is 2. The molecule has 5 nitrogen and oxygen atoms in total. The number of carboxylic acids is 1. The molecule has 1 aliphatic heterocycles. The molecule has 0 aromatic heterocycles. The first-order chi connectivity index (χ1) is 8.47. The van der Waals surface area contributed by atoms with Crippen molar-refractivity contribution < 1.29 is 14.7 Å². The fraction of sp³-hybridized carbons (Fsp3) is 0.846. The number of nitrogens with one attached hydrogen (secondary N) is 1. The predicted molar refractivity (Wildman–Crippen MR) is 69.5 cm³/mol. The summed E-state index contributed by atoms with van der Waals surface area (Å²) in [7, 11) is 0. The average Bonchev–Trinajstić information content (AvgIpc) is 2.74. The summed E-state index contributed by atoms with van der Waals surface area (Å²) in [6.45, 7) is 6.41. The number of carbonyl (C=O) groups excluding carboxylic acids is 1. The summed E-state index contributed by atoms with van der Waals surface area (Å²) in [6.07, 6.45) is 3.45.